The molecule has 0 radical (unpaired) electrons. The highest BCUT2D eigenvalue weighted by Gasteiger charge is 2.18. The second-order valence-corrected chi connectivity index (χ2v) is 12.6. The van der Waals surface area contributed by atoms with Gasteiger partial charge in [0.2, 0.25) is 0 Å². The van der Waals surface area contributed by atoms with E-state index in [0.717, 1.165) is 28.3 Å². The van der Waals surface area contributed by atoms with Crippen molar-refractivity contribution in [3.63, 3.8) is 0 Å². The van der Waals surface area contributed by atoms with Crippen molar-refractivity contribution in [3.05, 3.63) is 206 Å². The predicted molar refractivity (Wildman–Crippen MR) is 212 cm³/mol. The summed E-state index contributed by atoms with van der Waals surface area (Å²) in [6, 6.07) is 74.1. The van der Waals surface area contributed by atoms with Crippen molar-refractivity contribution in [1.82, 2.24) is 4.57 Å². The number of aromatic nitrogens is 1. The van der Waals surface area contributed by atoms with Gasteiger partial charge in [0.05, 0.1) is 11.0 Å². The van der Waals surface area contributed by atoms with Crippen LogP contribution in [0.15, 0.2) is 206 Å². The topological polar surface area (TPSA) is 8.17 Å². The van der Waals surface area contributed by atoms with Gasteiger partial charge >= 0.3 is 0 Å². The second-order valence-electron chi connectivity index (χ2n) is 12.6. The van der Waals surface area contributed by atoms with Crippen LogP contribution in [-0.2, 0) is 0 Å². The number of rotatable bonds is 7. The van der Waals surface area contributed by atoms with Crippen LogP contribution in [0.3, 0.4) is 0 Å². The van der Waals surface area contributed by atoms with E-state index >= 15 is 0 Å². The minimum Gasteiger partial charge on any atom is -0.310 e. The molecule has 9 rings (SSSR count). The number of hydrogen-bond donors (Lipinski definition) is 0. The fourth-order valence-corrected chi connectivity index (χ4v) is 7.13. The molecule has 2 nitrogen and oxygen atoms in total. The van der Waals surface area contributed by atoms with Gasteiger partial charge in [-0.3, -0.25) is 0 Å². The third-order valence-electron chi connectivity index (χ3n) is 9.60. The van der Waals surface area contributed by atoms with Crippen molar-refractivity contribution in [2.45, 2.75) is 0 Å². The predicted octanol–water partition coefficient (Wildman–Crippen LogP) is 13.3. The summed E-state index contributed by atoms with van der Waals surface area (Å²) < 4.78 is 2.43. The van der Waals surface area contributed by atoms with E-state index in [2.05, 4.69) is 216 Å². The monoisotopic (exact) mass is 638 g/mol. The lowest BCUT2D eigenvalue weighted by molar-refractivity contribution is 1.18. The number of hydrogen-bond acceptors (Lipinski definition) is 1. The minimum absolute atomic E-state index is 1.10. The molecule has 0 saturated carbocycles. The van der Waals surface area contributed by atoms with Gasteiger partial charge in [-0.25, -0.2) is 0 Å². The first-order chi connectivity index (χ1) is 24.8. The first kappa shape index (κ1) is 29.5. The maximum absolute atomic E-state index is 2.43. The van der Waals surface area contributed by atoms with Crippen molar-refractivity contribution >= 4 is 38.9 Å². The zero-order valence-corrected chi connectivity index (χ0v) is 27.5. The molecule has 236 valence electrons. The molecule has 0 N–H and O–H groups in total. The molecular formula is C48H34N2. The van der Waals surface area contributed by atoms with E-state index in [1.807, 2.05) is 0 Å². The second kappa shape index (κ2) is 12.8. The van der Waals surface area contributed by atoms with Gasteiger partial charge in [0, 0.05) is 33.5 Å². The zero-order chi connectivity index (χ0) is 33.3. The Labute approximate surface area is 292 Å². The zero-order valence-electron chi connectivity index (χ0n) is 27.5. The van der Waals surface area contributed by atoms with Gasteiger partial charge in [-0.15, -0.1) is 0 Å². The third kappa shape index (κ3) is 5.43. The molecule has 0 spiro atoms. The van der Waals surface area contributed by atoms with Gasteiger partial charge in [0.1, 0.15) is 0 Å². The summed E-state index contributed by atoms with van der Waals surface area (Å²) in [5, 5.41) is 2.46. The molecule has 0 atom stereocenters. The van der Waals surface area contributed by atoms with Crippen LogP contribution in [0.2, 0.25) is 0 Å². The van der Waals surface area contributed by atoms with Crippen LogP contribution < -0.4 is 4.90 Å². The maximum Gasteiger partial charge on any atom is 0.0561 e. The van der Waals surface area contributed by atoms with E-state index in [1.54, 1.807) is 0 Å². The average molecular weight is 639 g/mol. The molecule has 0 aliphatic carbocycles. The summed E-state index contributed by atoms with van der Waals surface area (Å²) >= 11 is 0. The number of para-hydroxylation sites is 1. The van der Waals surface area contributed by atoms with Gasteiger partial charge in [-0.2, -0.15) is 0 Å². The number of fused-ring (bicyclic) bond motifs is 3. The lowest BCUT2D eigenvalue weighted by atomic mass is 10.0. The van der Waals surface area contributed by atoms with Crippen LogP contribution in [0.1, 0.15) is 0 Å². The fraction of sp³-hybridized carbons (Fsp3) is 0. The molecule has 0 fully saturated rings. The molecule has 0 amide bonds. The standard InChI is InChI=1S/C48H34N2/c1-5-13-35(14-6-1)38-21-26-42(27-22-38)49(41-19-11-4-12-20-41)44-30-32-46-45-31-25-40(37-17-9-3-10-18-37)33-47(45)50(48(46)34-44)43-28-23-39(24-29-43)36-15-7-2-8-16-36/h1-34H. The van der Waals surface area contributed by atoms with Crippen LogP contribution in [0.5, 0.6) is 0 Å². The summed E-state index contributed by atoms with van der Waals surface area (Å²) in [6.07, 6.45) is 0. The Balaban J connectivity index is 1.23. The number of nitrogens with zero attached hydrogens (tertiary/aromatic N) is 2. The van der Waals surface area contributed by atoms with E-state index in [4.69, 9.17) is 0 Å². The Kier molecular flexibility index (Phi) is 7.53. The van der Waals surface area contributed by atoms with Crippen LogP contribution in [-0.4, -0.2) is 4.57 Å². The van der Waals surface area contributed by atoms with Crippen molar-refractivity contribution in [2.75, 3.05) is 4.90 Å². The van der Waals surface area contributed by atoms with Crippen LogP contribution in [0.4, 0.5) is 17.1 Å². The molecule has 2 heteroatoms. The van der Waals surface area contributed by atoms with E-state index < -0.39 is 0 Å². The first-order valence-electron chi connectivity index (χ1n) is 17.1. The largest absolute Gasteiger partial charge is 0.310 e. The highest BCUT2D eigenvalue weighted by atomic mass is 15.1. The van der Waals surface area contributed by atoms with E-state index in [9.17, 15) is 0 Å². The molecular weight excluding hydrogens is 605 g/mol. The van der Waals surface area contributed by atoms with E-state index in [-0.39, 0.29) is 0 Å². The van der Waals surface area contributed by atoms with Crippen molar-refractivity contribution < 1.29 is 0 Å². The molecule has 1 aromatic heterocycles. The molecule has 0 saturated heterocycles. The molecule has 50 heavy (non-hydrogen) atoms. The van der Waals surface area contributed by atoms with E-state index in [1.165, 1.54) is 49.7 Å². The molecule has 0 aliphatic heterocycles. The summed E-state index contributed by atoms with van der Waals surface area (Å²) in [5.41, 5.74) is 14.0. The van der Waals surface area contributed by atoms with Crippen LogP contribution >= 0.6 is 0 Å². The van der Waals surface area contributed by atoms with Crippen LogP contribution in [0, 0.1) is 0 Å². The molecule has 0 bridgehead atoms. The third-order valence-corrected chi connectivity index (χ3v) is 9.60. The Bertz CT molecular complexity index is 2540. The number of benzene rings is 8. The summed E-state index contributed by atoms with van der Waals surface area (Å²) in [5.74, 6) is 0. The molecule has 8 aromatic carbocycles. The minimum atomic E-state index is 1.10. The molecule has 9 aromatic rings. The van der Waals surface area contributed by atoms with Gasteiger partial charge in [-0.05, 0) is 88.0 Å². The highest BCUT2D eigenvalue weighted by molar-refractivity contribution is 6.11. The van der Waals surface area contributed by atoms with Gasteiger partial charge in [-0.1, -0.05) is 152 Å². The summed E-state index contributed by atoms with van der Waals surface area (Å²) in [4.78, 5) is 2.35. The summed E-state index contributed by atoms with van der Waals surface area (Å²) in [6.45, 7) is 0. The van der Waals surface area contributed by atoms with Crippen molar-refractivity contribution in [2.24, 2.45) is 0 Å². The Morgan fingerprint density at radius 1 is 0.280 bits per heavy atom. The lowest BCUT2D eigenvalue weighted by Gasteiger charge is -2.26. The molecule has 1 heterocycles. The maximum atomic E-state index is 2.43. The van der Waals surface area contributed by atoms with Crippen molar-refractivity contribution in [1.29, 1.82) is 0 Å². The quantitative estimate of drug-likeness (QED) is 0.169. The summed E-state index contributed by atoms with van der Waals surface area (Å²) in [7, 11) is 0. The van der Waals surface area contributed by atoms with Gasteiger partial charge in [0.15, 0.2) is 0 Å². The fourth-order valence-electron chi connectivity index (χ4n) is 7.13. The Hall–Kier alpha value is -6.64. The average Bonchev–Trinajstić information content (AvgIpc) is 3.53. The first-order valence-corrected chi connectivity index (χ1v) is 17.1. The van der Waals surface area contributed by atoms with Crippen molar-refractivity contribution in [3.8, 4) is 39.1 Å². The van der Waals surface area contributed by atoms with Crippen LogP contribution in [0.25, 0.3) is 60.9 Å². The lowest BCUT2D eigenvalue weighted by Crippen LogP contribution is -2.10. The normalized spacial score (nSPS) is 11.2. The molecule has 0 unspecified atom stereocenters. The Morgan fingerprint density at radius 3 is 1.22 bits per heavy atom. The van der Waals surface area contributed by atoms with Gasteiger partial charge < -0.3 is 9.47 Å². The highest BCUT2D eigenvalue weighted by Crippen LogP contribution is 2.41. The smallest absolute Gasteiger partial charge is 0.0561 e. The number of anilines is 3. The molecule has 0 aliphatic rings. The SMILES string of the molecule is c1ccc(-c2ccc(N(c3ccccc3)c3ccc4c5ccc(-c6ccccc6)cc5n(-c5ccc(-c6ccccc6)cc5)c4c3)cc2)cc1. The Morgan fingerprint density at radius 2 is 0.660 bits per heavy atom. The van der Waals surface area contributed by atoms with E-state index in [0.29, 0.717) is 0 Å². The van der Waals surface area contributed by atoms with Gasteiger partial charge in [0.25, 0.3) is 0 Å².